The lowest BCUT2D eigenvalue weighted by molar-refractivity contribution is -0.104. The first-order valence-corrected chi connectivity index (χ1v) is 5.46. The molecule has 0 aromatic rings. The zero-order chi connectivity index (χ0) is 11.7. The fourth-order valence-corrected chi connectivity index (χ4v) is 1.23. The van der Waals surface area contributed by atoms with Crippen LogP contribution in [0.3, 0.4) is 0 Å². The molecule has 2 nitrogen and oxygen atoms in total. The van der Waals surface area contributed by atoms with Crippen molar-refractivity contribution in [3.63, 3.8) is 0 Å². The molecule has 0 saturated carbocycles. The molecule has 0 fully saturated rings. The molecule has 0 aliphatic rings. The van der Waals surface area contributed by atoms with Crippen LogP contribution in [0.2, 0.25) is 0 Å². The summed E-state index contributed by atoms with van der Waals surface area (Å²) in [7, 11) is 0. The van der Waals surface area contributed by atoms with Crippen LogP contribution in [0.15, 0.2) is 10.5 Å². The van der Waals surface area contributed by atoms with E-state index in [1.54, 1.807) is 13.8 Å². The maximum Gasteiger partial charge on any atom is 0.146 e. The summed E-state index contributed by atoms with van der Waals surface area (Å²) < 4.78 is 0. The van der Waals surface area contributed by atoms with Gasteiger partial charge in [-0.15, -0.1) is 12.6 Å². The van der Waals surface area contributed by atoms with E-state index in [9.17, 15) is 4.79 Å². The Kier molecular flexibility index (Phi) is 10.7. The van der Waals surface area contributed by atoms with Crippen LogP contribution >= 0.6 is 12.6 Å². The number of rotatable bonds is 4. The van der Waals surface area contributed by atoms with Crippen LogP contribution in [-0.4, -0.2) is 17.5 Å². The van der Waals surface area contributed by atoms with E-state index in [-0.39, 0.29) is 12.0 Å². The highest BCUT2D eigenvalue weighted by Crippen LogP contribution is 2.22. The van der Waals surface area contributed by atoms with E-state index in [1.165, 1.54) is 0 Å². The number of aldehydes is 1. The van der Waals surface area contributed by atoms with Gasteiger partial charge in [-0.1, -0.05) is 20.8 Å². The minimum absolute atomic E-state index is 0.151. The van der Waals surface area contributed by atoms with Crippen molar-refractivity contribution in [2.45, 2.75) is 47.1 Å². The van der Waals surface area contributed by atoms with Crippen molar-refractivity contribution in [3.8, 4) is 0 Å². The van der Waals surface area contributed by atoms with E-state index >= 15 is 0 Å². The highest BCUT2D eigenvalue weighted by molar-refractivity contribution is 7.84. The van der Waals surface area contributed by atoms with E-state index in [1.807, 2.05) is 20.8 Å². The van der Waals surface area contributed by atoms with E-state index in [0.29, 0.717) is 12.0 Å². The fourth-order valence-electron chi connectivity index (χ4n) is 1.07. The zero-order valence-corrected chi connectivity index (χ0v) is 10.6. The van der Waals surface area contributed by atoms with E-state index < -0.39 is 0 Å². The molecule has 1 N–H and O–H groups in total. The van der Waals surface area contributed by atoms with Gasteiger partial charge in [-0.3, -0.25) is 4.79 Å². The van der Waals surface area contributed by atoms with Gasteiger partial charge in [0.25, 0.3) is 0 Å². The van der Waals surface area contributed by atoms with E-state index in [2.05, 4.69) is 12.6 Å². The number of carbonyl (C=O) groups excluding carboxylic acids is 1. The predicted molar refractivity (Wildman–Crippen MR) is 64.6 cm³/mol. The topological polar surface area (TPSA) is 37.3 Å². The Morgan fingerprint density at radius 1 is 1.43 bits per heavy atom. The van der Waals surface area contributed by atoms with Gasteiger partial charge in [-0.05, 0) is 36.7 Å². The van der Waals surface area contributed by atoms with Gasteiger partial charge < -0.3 is 5.11 Å². The van der Waals surface area contributed by atoms with Gasteiger partial charge in [0.05, 0.1) is 6.10 Å². The van der Waals surface area contributed by atoms with Gasteiger partial charge in [0.15, 0.2) is 0 Å². The molecule has 0 heterocycles. The van der Waals surface area contributed by atoms with Crippen LogP contribution in [0, 0.1) is 5.92 Å². The highest BCUT2D eigenvalue weighted by Gasteiger charge is 2.10. The van der Waals surface area contributed by atoms with Crippen molar-refractivity contribution in [1.29, 1.82) is 0 Å². The number of carbonyl (C=O) groups is 1. The second-order valence-corrected chi connectivity index (χ2v) is 3.65. The number of hydrogen-bond donors (Lipinski definition) is 2. The lowest BCUT2D eigenvalue weighted by Gasteiger charge is -2.14. The first-order valence-electron chi connectivity index (χ1n) is 5.02. The highest BCUT2D eigenvalue weighted by atomic mass is 32.1. The Morgan fingerprint density at radius 3 is 2.14 bits per heavy atom. The average Bonchev–Trinajstić information content (AvgIpc) is 2.17. The molecule has 84 valence electrons. The SMILES string of the molecule is C/C(C=O)=C(\S)C(C)CC(C)O.CC. The number of aliphatic hydroxyl groups is 1. The molecule has 14 heavy (non-hydrogen) atoms. The molecule has 0 amide bonds. The summed E-state index contributed by atoms with van der Waals surface area (Å²) in [6.45, 7) is 9.41. The monoisotopic (exact) mass is 218 g/mol. The largest absolute Gasteiger partial charge is 0.393 e. The molecule has 3 heteroatoms. The number of allylic oxidation sites excluding steroid dienone is 2. The van der Waals surface area contributed by atoms with Crippen molar-refractivity contribution in [2.75, 3.05) is 0 Å². The molecule has 0 radical (unpaired) electrons. The summed E-state index contributed by atoms with van der Waals surface area (Å²) >= 11 is 4.21. The summed E-state index contributed by atoms with van der Waals surface area (Å²) in [4.78, 5) is 11.1. The molecule has 2 unspecified atom stereocenters. The van der Waals surface area contributed by atoms with Gasteiger partial charge in [0.2, 0.25) is 0 Å². The minimum Gasteiger partial charge on any atom is -0.393 e. The molecule has 0 aromatic carbocycles. The van der Waals surface area contributed by atoms with Crippen molar-refractivity contribution in [1.82, 2.24) is 0 Å². The smallest absolute Gasteiger partial charge is 0.146 e. The molecule has 0 aliphatic carbocycles. The molecule has 2 atom stereocenters. The van der Waals surface area contributed by atoms with Crippen LogP contribution in [0.25, 0.3) is 0 Å². The predicted octanol–water partition coefficient (Wildman–Crippen LogP) is 2.82. The Hall–Kier alpha value is -0.280. The van der Waals surface area contributed by atoms with Crippen molar-refractivity contribution >= 4 is 18.9 Å². The van der Waals surface area contributed by atoms with Gasteiger partial charge >= 0.3 is 0 Å². The third-order valence-corrected chi connectivity index (χ3v) is 2.54. The van der Waals surface area contributed by atoms with Crippen molar-refractivity contribution in [3.05, 3.63) is 10.5 Å². The first kappa shape index (κ1) is 16.2. The van der Waals surface area contributed by atoms with Crippen LogP contribution in [0.5, 0.6) is 0 Å². The Balaban J connectivity index is 0. The zero-order valence-electron chi connectivity index (χ0n) is 9.74. The molecular formula is C11H22O2S. The summed E-state index contributed by atoms with van der Waals surface area (Å²) in [5.41, 5.74) is 0.645. The van der Waals surface area contributed by atoms with Gasteiger partial charge in [0.1, 0.15) is 6.29 Å². The first-order chi connectivity index (χ1) is 6.49. The quantitative estimate of drug-likeness (QED) is 0.432. The third kappa shape index (κ3) is 7.15. The van der Waals surface area contributed by atoms with E-state index in [4.69, 9.17) is 5.11 Å². The lowest BCUT2D eigenvalue weighted by Crippen LogP contribution is -2.08. The van der Waals surface area contributed by atoms with Crippen molar-refractivity contribution < 1.29 is 9.90 Å². The minimum atomic E-state index is -0.346. The summed E-state index contributed by atoms with van der Waals surface area (Å²) in [5, 5.41) is 9.08. The second kappa shape index (κ2) is 9.28. The maximum atomic E-state index is 10.4. The molecule has 0 rings (SSSR count). The molecule has 0 bridgehead atoms. The number of hydrogen-bond acceptors (Lipinski definition) is 3. The van der Waals surface area contributed by atoms with Crippen molar-refractivity contribution in [2.24, 2.45) is 5.92 Å². The normalized spacial score (nSPS) is 15.9. The van der Waals surface area contributed by atoms with Crippen LogP contribution in [0.1, 0.15) is 41.0 Å². The Bertz CT molecular complexity index is 186. The summed E-state index contributed by atoms with van der Waals surface area (Å²) in [5.74, 6) is 0.151. The van der Waals surface area contributed by atoms with Crippen LogP contribution < -0.4 is 0 Å². The number of thiol groups is 1. The average molecular weight is 218 g/mol. The number of aliphatic hydroxyl groups excluding tert-OH is 1. The Labute approximate surface area is 92.8 Å². The molecule has 0 spiro atoms. The fraction of sp³-hybridized carbons (Fsp3) is 0.727. The lowest BCUT2D eigenvalue weighted by atomic mass is 10.0. The van der Waals surface area contributed by atoms with Crippen LogP contribution in [-0.2, 0) is 4.79 Å². The molecular weight excluding hydrogens is 196 g/mol. The Morgan fingerprint density at radius 2 is 1.86 bits per heavy atom. The molecule has 0 aromatic heterocycles. The molecule has 0 saturated heterocycles. The maximum absolute atomic E-state index is 10.4. The molecule has 0 aliphatic heterocycles. The van der Waals surface area contributed by atoms with Gasteiger partial charge in [-0.2, -0.15) is 0 Å². The second-order valence-electron chi connectivity index (χ2n) is 3.17. The van der Waals surface area contributed by atoms with E-state index in [0.717, 1.165) is 11.2 Å². The standard InChI is InChI=1S/C9H16O2S.C2H6/c1-6(4-8(3)11)9(12)7(2)5-10;1-2/h5-6,8,11-12H,4H2,1-3H3;1-2H3/b9-7+;. The third-order valence-electron chi connectivity index (χ3n) is 1.74. The van der Waals surface area contributed by atoms with Gasteiger partial charge in [-0.25, -0.2) is 0 Å². The van der Waals surface area contributed by atoms with Crippen LogP contribution in [0.4, 0.5) is 0 Å². The summed E-state index contributed by atoms with van der Waals surface area (Å²) in [6.07, 6.45) is 1.09. The summed E-state index contributed by atoms with van der Waals surface area (Å²) in [6, 6.07) is 0. The van der Waals surface area contributed by atoms with Gasteiger partial charge in [0, 0.05) is 0 Å².